The van der Waals surface area contributed by atoms with E-state index in [1.165, 1.54) is 25.3 Å². The molecule has 2 heterocycles. The lowest BCUT2D eigenvalue weighted by Crippen LogP contribution is -2.38. The molecule has 1 amide bonds. The quantitative estimate of drug-likeness (QED) is 0.429. The molecule has 0 spiro atoms. The van der Waals surface area contributed by atoms with E-state index >= 15 is 0 Å². The maximum absolute atomic E-state index is 14.0. The van der Waals surface area contributed by atoms with Crippen LogP contribution in [0.4, 0.5) is 47.2 Å². The van der Waals surface area contributed by atoms with Crippen LogP contribution in [0.5, 0.6) is 5.75 Å². The third-order valence-corrected chi connectivity index (χ3v) is 5.44. The Morgan fingerprint density at radius 1 is 1.16 bits per heavy atom. The molecule has 1 unspecified atom stereocenters. The maximum Gasteiger partial charge on any atom is 0.420 e. The van der Waals surface area contributed by atoms with Gasteiger partial charge in [-0.15, -0.1) is 0 Å². The summed E-state index contributed by atoms with van der Waals surface area (Å²) in [6, 6.07) is 2.15. The lowest BCUT2D eigenvalue weighted by Gasteiger charge is -2.27. The normalized spacial score (nSPS) is 17.2. The summed E-state index contributed by atoms with van der Waals surface area (Å²) in [5.74, 6) is 0.804. The van der Waals surface area contributed by atoms with E-state index in [1.807, 2.05) is 0 Å². The van der Waals surface area contributed by atoms with Crippen LogP contribution in [0.1, 0.15) is 23.1 Å². The van der Waals surface area contributed by atoms with Crippen molar-refractivity contribution < 1.29 is 44.9 Å². The molecule has 1 aromatic heterocycles. The topological polar surface area (TPSA) is 96.7 Å². The van der Waals surface area contributed by atoms with Gasteiger partial charge < -0.3 is 15.4 Å². The van der Waals surface area contributed by atoms with Crippen LogP contribution in [0, 0.1) is 0 Å². The fraction of sp³-hybridized carbons (Fsp3) is 0.217. The number of carbonyl (C=O) groups excluding carboxylic acids is 1. The lowest BCUT2D eigenvalue weighted by molar-refractivity contribution is -0.439. The molecule has 4 rings (SSSR count). The molecule has 0 radical (unpaired) electrons. The number of nitrogens with two attached hydrogens (primary N) is 1. The van der Waals surface area contributed by atoms with E-state index in [9.17, 15) is 35.5 Å². The minimum absolute atomic E-state index is 0.00308. The number of hydrogen-bond acceptors (Lipinski definition) is 6. The number of allylic oxidation sites excluding steroid dienone is 3. The van der Waals surface area contributed by atoms with Gasteiger partial charge in [0.2, 0.25) is 0 Å². The Morgan fingerprint density at radius 2 is 1.89 bits per heavy atom. The molecular weight excluding hydrogens is 525 g/mol. The van der Waals surface area contributed by atoms with E-state index in [0.29, 0.717) is 6.07 Å². The Hall–Kier alpha value is -4.52. The van der Waals surface area contributed by atoms with Crippen LogP contribution < -0.4 is 10.5 Å². The Morgan fingerprint density at radius 3 is 2.47 bits per heavy atom. The molecule has 8 nitrogen and oxygen atoms in total. The van der Waals surface area contributed by atoms with Crippen LogP contribution in [0.3, 0.4) is 0 Å². The number of nitrogen functional groups attached to an aromatic ring is 1. The van der Waals surface area contributed by atoms with E-state index in [4.69, 9.17) is 10.5 Å². The van der Waals surface area contributed by atoms with E-state index < -0.39 is 52.8 Å². The number of likely N-dealkylation sites (N-methyl/N-ethyl adjacent to an activating group) is 1. The predicted octanol–water partition coefficient (Wildman–Crippen LogP) is 5.11. The zero-order valence-electron chi connectivity index (χ0n) is 19.2. The number of halogens is 7. The first-order chi connectivity index (χ1) is 17.7. The summed E-state index contributed by atoms with van der Waals surface area (Å²) >= 11 is 0. The Bertz CT molecular complexity index is 1440. The number of hydrazone groups is 1. The van der Waals surface area contributed by atoms with Gasteiger partial charge in [-0.05, 0) is 41.9 Å². The number of alkyl halides is 6. The van der Waals surface area contributed by atoms with Crippen molar-refractivity contribution in [3.8, 4) is 5.75 Å². The number of benzene rings is 1. The van der Waals surface area contributed by atoms with Crippen molar-refractivity contribution in [3.63, 3.8) is 0 Å². The molecule has 2 aliphatic rings. The van der Waals surface area contributed by atoms with Gasteiger partial charge in [-0.2, -0.15) is 26.3 Å². The fourth-order valence-corrected chi connectivity index (χ4v) is 3.46. The van der Waals surface area contributed by atoms with Crippen molar-refractivity contribution in [1.29, 1.82) is 0 Å². The second-order valence-corrected chi connectivity index (χ2v) is 8.02. The number of ether oxygens (including phenoxy) is 1. The average molecular weight is 541 g/mol. The first kappa shape index (κ1) is 26.5. The summed E-state index contributed by atoms with van der Waals surface area (Å²) in [6.45, 7) is 0. The highest BCUT2D eigenvalue weighted by atomic mass is 19.4. The average Bonchev–Trinajstić information content (AvgIpc) is 3.33. The molecule has 0 bridgehead atoms. The number of amides is 1. The standard InChI is InChI=1S/C23H16F7N6O2/c1-35(15-4-2-14(24)3-5-15)21(37)38-20-16(8-13(22(25,26)27)9-17(20)23(28,29)30)12-10-32-36(11-12)19-7-6-18(31)33-34-19/h2-4,6-10,15H,5H2,1H3,(H2,31,33)/q+1. The first-order valence-corrected chi connectivity index (χ1v) is 10.6. The van der Waals surface area contributed by atoms with Crippen molar-refractivity contribution in [2.24, 2.45) is 5.10 Å². The van der Waals surface area contributed by atoms with Gasteiger partial charge in [0, 0.05) is 18.7 Å². The summed E-state index contributed by atoms with van der Waals surface area (Å²) in [6.07, 6.45) is -7.40. The minimum atomic E-state index is -5.35. The van der Waals surface area contributed by atoms with Crippen molar-refractivity contribution >= 4 is 35.4 Å². The summed E-state index contributed by atoms with van der Waals surface area (Å²) in [4.78, 5) is 13.7. The van der Waals surface area contributed by atoms with Crippen molar-refractivity contribution in [2.45, 2.75) is 24.8 Å². The second-order valence-electron chi connectivity index (χ2n) is 8.02. The van der Waals surface area contributed by atoms with Gasteiger partial charge in [-0.3, -0.25) is 0 Å². The highest BCUT2D eigenvalue weighted by Gasteiger charge is 2.42. The number of carbonyl (C=O) groups is 1. The van der Waals surface area contributed by atoms with E-state index in [1.54, 1.807) is 0 Å². The number of hydrogen-bond donors (Lipinski definition) is 1. The van der Waals surface area contributed by atoms with Crippen LogP contribution in [0.25, 0.3) is 5.57 Å². The summed E-state index contributed by atoms with van der Waals surface area (Å²) in [7, 11) is 1.19. The van der Waals surface area contributed by atoms with Gasteiger partial charge in [0.05, 0.1) is 34.1 Å². The first-order valence-electron chi connectivity index (χ1n) is 10.6. The number of nitrogens with zero attached hydrogens (tertiary/aromatic N) is 5. The Kier molecular flexibility index (Phi) is 6.80. The van der Waals surface area contributed by atoms with Gasteiger partial charge in [-0.25, -0.2) is 9.18 Å². The largest absolute Gasteiger partial charge is 0.420 e. The van der Waals surface area contributed by atoms with E-state index in [-0.39, 0.29) is 29.7 Å². The zero-order valence-corrected chi connectivity index (χ0v) is 19.2. The second kappa shape index (κ2) is 9.74. The molecule has 15 heteroatoms. The Labute approximate surface area is 209 Å². The van der Waals surface area contributed by atoms with Gasteiger partial charge in [-0.1, -0.05) is 15.9 Å². The van der Waals surface area contributed by atoms with Crippen molar-refractivity contribution in [2.75, 3.05) is 12.8 Å². The minimum Gasteiger partial charge on any atom is -0.409 e. The smallest absolute Gasteiger partial charge is 0.409 e. The zero-order chi connectivity index (χ0) is 27.8. The van der Waals surface area contributed by atoms with Crippen molar-refractivity contribution in [1.82, 2.24) is 15.1 Å². The molecule has 1 aromatic carbocycles. The summed E-state index contributed by atoms with van der Waals surface area (Å²) in [5, 5.41) is 11.2. The predicted molar refractivity (Wildman–Crippen MR) is 120 cm³/mol. The molecule has 198 valence electrons. The van der Waals surface area contributed by atoms with E-state index in [0.717, 1.165) is 28.0 Å². The molecule has 0 fully saturated rings. The number of anilines is 1. The van der Waals surface area contributed by atoms with Crippen LogP contribution in [0.2, 0.25) is 0 Å². The summed E-state index contributed by atoms with van der Waals surface area (Å²) in [5.41, 5.74) is 0.853. The molecule has 1 aliphatic carbocycles. The fourth-order valence-electron chi connectivity index (χ4n) is 3.46. The summed E-state index contributed by atoms with van der Waals surface area (Å²) < 4.78 is 102. The molecule has 0 saturated heterocycles. The highest BCUT2D eigenvalue weighted by molar-refractivity contribution is 6.22. The monoisotopic (exact) mass is 541 g/mol. The van der Waals surface area contributed by atoms with Crippen molar-refractivity contribution in [3.05, 3.63) is 65.0 Å². The van der Waals surface area contributed by atoms with Gasteiger partial charge in [0.15, 0.2) is 11.6 Å². The number of rotatable bonds is 4. The SMILES string of the molecule is CN(C(=O)Oc1c(C2=C=[N+](c3ccc(N)nn3)N=C2)cc(C(F)(F)F)cc1C(F)(F)F)C1C=CC(F)=CC1. The van der Waals surface area contributed by atoms with Gasteiger partial charge in [0.25, 0.3) is 0 Å². The molecule has 2 N–H and O–H groups in total. The molecule has 0 saturated carbocycles. The molecule has 1 atom stereocenters. The van der Waals surface area contributed by atoms with Crippen LogP contribution in [-0.4, -0.2) is 51.0 Å². The number of aromatic nitrogens is 2. The molecule has 2 aromatic rings. The third-order valence-electron chi connectivity index (χ3n) is 5.44. The molecule has 1 aliphatic heterocycles. The maximum atomic E-state index is 14.0. The van der Waals surface area contributed by atoms with E-state index in [2.05, 4.69) is 21.2 Å². The lowest BCUT2D eigenvalue weighted by atomic mass is 9.98. The van der Waals surface area contributed by atoms with Crippen LogP contribution in [-0.2, 0) is 12.4 Å². The molecular formula is C23H16F7N6O2+. The third kappa shape index (κ3) is 5.57. The van der Waals surface area contributed by atoms with Crippen LogP contribution in [0.15, 0.2) is 53.4 Å². The highest BCUT2D eigenvalue weighted by Crippen LogP contribution is 2.44. The van der Waals surface area contributed by atoms with Crippen LogP contribution >= 0.6 is 0 Å². The molecule has 38 heavy (non-hydrogen) atoms. The van der Waals surface area contributed by atoms with Gasteiger partial charge in [0.1, 0.15) is 11.7 Å². The van der Waals surface area contributed by atoms with Gasteiger partial charge >= 0.3 is 24.3 Å². The Balaban J connectivity index is 1.85.